The fraction of sp³-hybridized carbons (Fsp3) is 0.273. The Balaban J connectivity index is 2.05. The van der Waals surface area contributed by atoms with Crippen molar-refractivity contribution < 1.29 is 13.2 Å². The molecule has 19 heavy (non-hydrogen) atoms. The van der Waals surface area contributed by atoms with Gasteiger partial charge < -0.3 is 10.1 Å². The van der Waals surface area contributed by atoms with Crippen LogP contribution in [0.3, 0.4) is 0 Å². The molecule has 0 spiro atoms. The number of aromatic nitrogens is 2. The molecule has 6 nitrogen and oxygen atoms in total. The van der Waals surface area contributed by atoms with E-state index in [1.165, 1.54) is 29.9 Å². The number of nitrogens with zero attached hydrogens (tertiary/aromatic N) is 2. The average molecular weight is 299 g/mol. The smallest absolute Gasteiger partial charge is 0.175 e. The summed E-state index contributed by atoms with van der Waals surface area (Å²) in [4.78, 5) is 0.270. The highest BCUT2D eigenvalue weighted by molar-refractivity contribution is 7.90. The Bertz CT molecular complexity index is 650. The summed E-state index contributed by atoms with van der Waals surface area (Å²) in [6, 6.07) is 6.27. The predicted molar refractivity (Wildman–Crippen MR) is 73.3 cm³/mol. The summed E-state index contributed by atoms with van der Waals surface area (Å²) in [6.07, 6.45) is 1.17. The van der Waals surface area contributed by atoms with Crippen LogP contribution in [0.4, 0.5) is 5.00 Å². The van der Waals surface area contributed by atoms with E-state index in [4.69, 9.17) is 4.74 Å². The predicted octanol–water partition coefficient (Wildman–Crippen LogP) is 1.56. The molecular weight excluding hydrogens is 286 g/mol. The zero-order valence-electron chi connectivity index (χ0n) is 10.5. The van der Waals surface area contributed by atoms with Crippen LogP contribution in [0.5, 0.6) is 5.75 Å². The van der Waals surface area contributed by atoms with E-state index in [0.717, 1.165) is 10.7 Å². The molecule has 0 aliphatic heterocycles. The van der Waals surface area contributed by atoms with Crippen LogP contribution >= 0.6 is 11.5 Å². The third-order valence-electron chi connectivity index (χ3n) is 2.41. The normalized spacial score (nSPS) is 11.3. The third-order valence-corrected chi connectivity index (χ3v) is 4.32. The number of rotatable bonds is 5. The zero-order valence-corrected chi connectivity index (χ0v) is 12.1. The number of sulfone groups is 1. The molecule has 0 unspecified atom stereocenters. The third kappa shape index (κ3) is 3.42. The minimum Gasteiger partial charge on any atom is -0.487 e. The van der Waals surface area contributed by atoms with E-state index in [9.17, 15) is 8.42 Å². The fourth-order valence-corrected chi connectivity index (χ4v) is 2.58. The first kappa shape index (κ1) is 13.8. The van der Waals surface area contributed by atoms with Crippen molar-refractivity contribution in [1.29, 1.82) is 0 Å². The lowest BCUT2D eigenvalue weighted by Crippen LogP contribution is -2.00. The van der Waals surface area contributed by atoms with Gasteiger partial charge in [0.15, 0.2) is 9.84 Å². The summed E-state index contributed by atoms with van der Waals surface area (Å²) < 4.78 is 32.0. The van der Waals surface area contributed by atoms with Gasteiger partial charge in [0.05, 0.1) is 4.90 Å². The second kappa shape index (κ2) is 5.54. The highest BCUT2D eigenvalue weighted by Gasteiger charge is 2.09. The van der Waals surface area contributed by atoms with Gasteiger partial charge in [-0.15, -0.1) is 5.10 Å². The summed E-state index contributed by atoms with van der Waals surface area (Å²) >= 11 is 1.26. The lowest BCUT2D eigenvalue weighted by atomic mass is 10.3. The van der Waals surface area contributed by atoms with Crippen LogP contribution in [-0.4, -0.2) is 31.3 Å². The van der Waals surface area contributed by atoms with Gasteiger partial charge >= 0.3 is 0 Å². The Labute approximate surface area is 115 Å². The van der Waals surface area contributed by atoms with Crippen molar-refractivity contribution in [3.8, 4) is 5.75 Å². The Morgan fingerprint density at radius 1 is 1.32 bits per heavy atom. The second-order valence-electron chi connectivity index (χ2n) is 3.83. The van der Waals surface area contributed by atoms with Gasteiger partial charge in [-0.25, -0.2) is 8.42 Å². The molecule has 1 N–H and O–H groups in total. The number of benzene rings is 1. The van der Waals surface area contributed by atoms with Crippen molar-refractivity contribution in [3.05, 3.63) is 30.0 Å². The number of ether oxygens (including phenoxy) is 1. The standard InChI is InChI=1S/C11H13N3O3S2/c1-12-11-10(13-14-18-11)7-17-8-3-5-9(6-4-8)19(2,15)16/h3-6,12H,7H2,1-2H3. The van der Waals surface area contributed by atoms with Crippen molar-refractivity contribution in [2.75, 3.05) is 18.6 Å². The Morgan fingerprint density at radius 2 is 2.00 bits per heavy atom. The number of hydrogen-bond donors (Lipinski definition) is 1. The maximum atomic E-state index is 11.3. The zero-order chi connectivity index (χ0) is 13.9. The monoisotopic (exact) mass is 299 g/mol. The Kier molecular flexibility index (Phi) is 4.01. The van der Waals surface area contributed by atoms with Gasteiger partial charge in [0.25, 0.3) is 0 Å². The lowest BCUT2D eigenvalue weighted by molar-refractivity contribution is 0.301. The Hall–Kier alpha value is -1.67. The first-order valence-corrected chi connectivity index (χ1v) is 8.09. The van der Waals surface area contributed by atoms with Crippen LogP contribution in [-0.2, 0) is 16.4 Å². The summed E-state index contributed by atoms with van der Waals surface area (Å²) in [6.45, 7) is 0.283. The van der Waals surface area contributed by atoms with E-state index in [1.807, 2.05) is 0 Å². The first-order valence-electron chi connectivity index (χ1n) is 5.42. The highest BCUT2D eigenvalue weighted by atomic mass is 32.2. The topological polar surface area (TPSA) is 81.2 Å². The maximum absolute atomic E-state index is 11.3. The molecule has 2 rings (SSSR count). The van der Waals surface area contributed by atoms with Crippen molar-refractivity contribution in [1.82, 2.24) is 9.59 Å². The van der Waals surface area contributed by atoms with Gasteiger partial charge in [0.1, 0.15) is 23.1 Å². The highest BCUT2D eigenvalue weighted by Crippen LogP contribution is 2.20. The summed E-state index contributed by atoms with van der Waals surface area (Å²) in [5.74, 6) is 0.586. The van der Waals surface area contributed by atoms with Crippen LogP contribution in [0, 0.1) is 0 Å². The van der Waals surface area contributed by atoms with E-state index in [0.29, 0.717) is 5.75 Å². The molecule has 0 atom stereocenters. The van der Waals surface area contributed by atoms with Gasteiger partial charge in [-0.3, -0.25) is 0 Å². The van der Waals surface area contributed by atoms with E-state index < -0.39 is 9.84 Å². The summed E-state index contributed by atoms with van der Waals surface area (Å²) in [5, 5.41) is 7.77. The molecule has 0 aliphatic carbocycles. The van der Waals surface area contributed by atoms with Crippen molar-refractivity contribution >= 4 is 26.4 Å². The molecule has 8 heteroatoms. The molecule has 1 aromatic heterocycles. The molecular formula is C11H13N3O3S2. The van der Waals surface area contributed by atoms with Gasteiger partial charge in [0.2, 0.25) is 0 Å². The quantitative estimate of drug-likeness (QED) is 0.902. The Morgan fingerprint density at radius 3 is 2.58 bits per heavy atom. The van der Waals surface area contributed by atoms with Gasteiger partial charge in [-0.2, -0.15) is 0 Å². The minimum atomic E-state index is -3.17. The summed E-state index contributed by atoms with van der Waals surface area (Å²) in [5.41, 5.74) is 0.722. The minimum absolute atomic E-state index is 0.270. The molecule has 0 fully saturated rings. The van der Waals surface area contributed by atoms with Crippen LogP contribution < -0.4 is 10.1 Å². The summed E-state index contributed by atoms with van der Waals surface area (Å²) in [7, 11) is -1.38. The molecule has 0 amide bonds. The van der Waals surface area contributed by atoms with Crippen molar-refractivity contribution in [2.24, 2.45) is 0 Å². The second-order valence-corrected chi connectivity index (χ2v) is 6.60. The average Bonchev–Trinajstić information content (AvgIpc) is 2.83. The van der Waals surface area contributed by atoms with E-state index in [-0.39, 0.29) is 11.5 Å². The van der Waals surface area contributed by atoms with Gasteiger partial charge in [0, 0.05) is 24.8 Å². The maximum Gasteiger partial charge on any atom is 0.175 e. The van der Waals surface area contributed by atoms with Crippen LogP contribution in [0.25, 0.3) is 0 Å². The van der Waals surface area contributed by atoms with Gasteiger partial charge in [-0.05, 0) is 24.3 Å². The van der Waals surface area contributed by atoms with Crippen molar-refractivity contribution in [3.63, 3.8) is 0 Å². The molecule has 0 saturated heterocycles. The first-order chi connectivity index (χ1) is 9.00. The molecule has 0 aliphatic rings. The van der Waals surface area contributed by atoms with E-state index in [1.54, 1.807) is 19.2 Å². The lowest BCUT2D eigenvalue weighted by Gasteiger charge is -2.06. The van der Waals surface area contributed by atoms with Crippen LogP contribution in [0.1, 0.15) is 5.69 Å². The molecule has 2 aromatic rings. The molecule has 1 heterocycles. The van der Waals surface area contributed by atoms with E-state index in [2.05, 4.69) is 14.9 Å². The SMILES string of the molecule is CNc1snnc1COc1ccc(S(C)(=O)=O)cc1. The van der Waals surface area contributed by atoms with E-state index >= 15 is 0 Å². The molecule has 0 bridgehead atoms. The number of nitrogens with one attached hydrogen (secondary N) is 1. The van der Waals surface area contributed by atoms with Crippen LogP contribution in [0.15, 0.2) is 29.2 Å². The number of anilines is 1. The molecule has 0 saturated carbocycles. The van der Waals surface area contributed by atoms with Crippen LogP contribution in [0.2, 0.25) is 0 Å². The van der Waals surface area contributed by atoms with Crippen molar-refractivity contribution in [2.45, 2.75) is 11.5 Å². The number of hydrogen-bond acceptors (Lipinski definition) is 7. The molecule has 102 valence electrons. The fourth-order valence-electron chi connectivity index (χ4n) is 1.43. The molecule has 0 radical (unpaired) electrons. The molecule has 1 aromatic carbocycles. The largest absolute Gasteiger partial charge is 0.487 e. The van der Waals surface area contributed by atoms with Gasteiger partial charge in [-0.1, -0.05) is 4.49 Å².